The summed E-state index contributed by atoms with van der Waals surface area (Å²) in [4.78, 5) is 0. The summed E-state index contributed by atoms with van der Waals surface area (Å²) in [5.74, 6) is 1.37. The highest BCUT2D eigenvalue weighted by atomic mass is 32.1. The van der Waals surface area contributed by atoms with Crippen molar-refractivity contribution in [1.82, 2.24) is 10.7 Å². The molecule has 0 amide bonds. The molecule has 1 aromatic carbocycles. The van der Waals surface area contributed by atoms with Gasteiger partial charge in [-0.2, -0.15) is 5.10 Å². The van der Waals surface area contributed by atoms with Crippen molar-refractivity contribution in [2.24, 2.45) is 11.0 Å². The number of nitrogens with zero attached hydrogens (tertiary/aromatic N) is 1. The molecule has 0 radical (unpaired) electrons. The number of hydrazone groups is 1. The first-order valence-corrected chi connectivity index (χ1v) is 7.53. The maximum atomic E-state index is 5.19. The van der Waals surface area contributed by atoms with Crippen molar-refractivity contribution >= 4 is 23.5 Å². The summed E-state index contributed by atoms with van der Waals surface area (Å²) in [7, 11) is 1.66. The summed E-state index contributed by atoms with van der Waals surface area (Å²) in [5.41, 5.74) is 4.00. The highest BCUT2D eigenvalue weighted by Gasteiger charge is 2.06. The molecule has 0 spiro atoms. The second-order valence-corrected chi connectivity index (χ2v) is 5.37. The van der Waals surface area contributed by atoms with Crippen molar-refractivity contribution in [2.45, 2.75) is 25.8 Å². The van der Waals surface area contributed by atoms with Crippen molar-refractivity contribution in [3.63, 3.8) is 0 Å². The molecule has 21 heavy (non-hydrogen) atoms. The lowest BCUT2D eigenvalue weighted by atomic mass is 9.96. The highest BCUT2D eigenvalue weighted by molar-refractivity contribution is 7.80. The van der Waals surface area contributed by atoms with E-state index in [1.807, 2.05) is 30.5 Å². The first-order valence-electron chi connectivity index (χ1n) is 7.13. The van der Waals surface area contributed by atoms with Crippen LogP contribution in [0.2, 0.25) is 0 Å². The molecule has 0 unspecified atom stereocenters. The molecule has 5 heteroatoms. The van der Waals surface area contributed by atoms with Crippen LogP contribution in [-0.4, -0.2) is 18.4 Å². The number of thiocarbonyl (C=S) groups is 1. The van der Waals surface area contributed by atoms with Gasteiger partial charge in [0.2, 0.25) is 0 Å². The van der Waals surface area contributed by atoms with Gasteiger partial charge in [-0.05, 0) is 55.1 Å². The molecule has 0 saturated heterocycles. The summed E-state index contributed by atoms with van der Waals surface area (Å²) >= 11 is 5.19. The van der Waals surface area contributed by atoms with Gasteiger partial charge in [-0.25, -0.2) is 0 Å². The lowest BCUT2D eigenvalue weighted by Gasteiger charge is -2.12. The van der Waals surface area contributed by atoms with Gasteiger partial charge >= 0.3 is 0 Å². The van der Waals surface area contributed by atoms with Gasteiger partial charge in [0.25, 0.3) is 0 Å². The Hall–Kier alpha value is -1.88. The predicted octanol–water partition coefficient (Wildman–Crippen LogP) is 3.00. The van der Waals surface area contributed by atoms with Crippen LogP contribution in [0.4, 0.5) is 0 Å². The lowest BCUT2D eigenvalue weighted by Crippen LogP contribution is -2.31. The van der Waals surface area contributed by atoms with E-state index in [9.17, 15) is 0 Å². The summed E-state index contributed by atoms with van der Waals surface area (Å²) in [5, 5.41) is 7.86. The number of methoxy groups -OCH3 is 1. The zero-order valence-electron chi connectivity index (χ0n) is 12.2. The van der Waals surface area contributed by atoms with Crippen LogP contribution in [-0.2, 0) is 6.54 Å². The Morgan fingerprint density at radius 2 is 2.19 bits per heavy atom. The molecular weight excluding hydrogens is 282 g/mol. The van der Waals surface area contributed by atoms with Gasteiger partial charge in [0.05, 0.1) is 7.11 Å². The van der Waals surface area contributed by atoms with Crippen LogP contribution >= 0.6 is 12.2 Å². The number of benzene rings is 1. The molecule has 1 aromatic rings. The topological polar surface area (TPSA) is 45.6 Å². The number of nitrogens with one attached hydrogen (secondary N) is 2. The Balaban J connectivity index is 1.69. The third-order valence-corrected chi connectivity index (χ3v) is 3.61. The molecule has 2 N–H and O–H groups in total. The van der Waals surface area contributed by atoms with Crippen LogP contribution in [0, 0.1) is 5.92 Å². The molecule has 0 heterocycles. The number of hydrogen-bond donors (Lipinski definition) is 2. The van der Waals surface area contributed by atoms with Gasteiger partial charge in [-0.15, -0.1) is 0 Å². The van der Waals surface area contributed by atoms with E-state index >= 15 is 0 Å². The third kappa shape index (κ3) is 5.55. The van der Waals surface area contributed by atoms with Gasteiger partial charge < -0.3 is 10.1 Å². The maximum Gasteiger partial charge on any atom is 0.187 e. The van der Waals surface area contributed by atoms with Crippen molar-refractivity contribution in [2.75, 3.05) is 7.11 Å². The van der Waals surface area contributed by atoms with Crippen LogP contribution in [0.15, 0.2) is 41.5 Å². The summed E-state index contributed by atoms with van der Waals surface area (Å²) in [6.07, 6.45) is 9.74. The summed E-state index contributed by atoms with van der Waals surface area (Å²) in [6.45, 7) is 0.664. The minimum Gasteiger partial charge on any atom is -0.497 e. The van der Waals surface area contributed by atoms with E-state index in [4.69, 9.17) is 17.0 Å². The monoisotopic (exact) mass is 303 g/mol. The molecule has 0 aromatic heterocycles. The molecule has 0 bridgehead atoms. The molecule has 0 fully saturated rings. The van der Waals surface area contributed by atoms with E-state index in [0.717, 1.165) is 30.6 Å². The maximum absolute atomic E-state index is 5.19. The van der Waals surface area contributed by atoms with E-state index in [1.165, 1.54) is 0 Å². The van der Waals surface area contributed by atoms with Crippen molar-refractivity contribution in [3.05, 3.63) is 42.0 Å². The number of hydrogen-bond acceptors (Lipinski definition) is 3. The van der Waals surface area contributed by atoms with Crippen LogP contribution in [0.1, 0.15) is 24.8 Å². The van der Waals surface area contributed by atoms with Gasteiger partial charge in [0, 0.05) is 12.8 Å². The van der Waals surface area contributed by atoms with Gasteiger partial charge in [-0.1, -0.05) is 24.3 Å². The Labute approximate surface area is 131 Å². The van der Waals surface area contributed by atoms with Crippen molar-refractivity contribution in [1.29, 1.82) is 0 Å². The van der Waals surface area contributed by atoms with Crippen LogP contribution in [0.3, 0.4) is 0 Å². The normalized spacial score (nSPS) is 17.7. The van der Waals surface area contributed by atoms with E-state index in [-0.39, 0.29) is 0 Å². The molecule has 1 atom stereocenters. The second kappa shape index (κ2) is 8.42. The Bertz CT molecular complexity index is 511. The zero-order valence-corrected chi connectivity index (χ0v) is 13.0. The smallest absolute Gasteiger partial charge is 0.187 e. The molecule has 1 aliphatic carbocycles. The van der Waals surface area contributed by atoms with Gasteiger partial charge in [0.15, 0.2) is 5.11 Å². The van der Waals surface area contributed by atoms with Crippen LogP contribution in [0.25, 0.3) is 0 Å². The largest absolute Gasteiger partial charge is 0.497 e. The van der Waals surface area contributed by atoms with Gasteiger partial charge in [0.1, 0.15) is 5.75 Å². The average molecular weight is 303 g/mol. The highest BCUT2D eigenvalue weighted by Crippen LogP contribution is 2.15. The fraction of sp³-hybridized carbons (Fsp3) is 0.375. The minimum absolute atomic E-state index is 0.520. The first-order chi connectivity index (χ1) is 10.3. The Morgan fingerprint density at radius 3 is 2.86 bits per heavy atom. The minimum atomic E-state index is 0.520. The summed E-state index contributed by atoms with van der Waals surface area (Å²) in [6, 6.07) is 7.88. The fourth-order valence-electron chi connectivity index (χ4n) is 2.12. The second-order valence-electron chi connectivity index (χ2n) is 4.97. The van der Waals surface area contributed by atoms with E-state index < -0.39 is 0 Å². The Kier molecular flexibility index (Phi) is 6.22. The number of rotatable bonds is 5. The summed E-state index contributed by atoms with van der Waals surface area (Å²) < 4.78 is 5.12. The van der Waals surface area contributed by atoms with Crippen LogP contribution < -0.4 is 15.5 Å². The molecule has 2 rings (SSSR count). The molecule has 1 aliphatic rings. The number of ether oxygens (including phenoxy) is 1. The van der Waals surface area contributed by atoms with Crippen molar-refractivity contribution in [3.8, 4) is 5.75 Å². The van der Waals surface area contributed by atoms with E-state index in [2.05, 4.69) is 28.0 Å². The first kappa shape index (κ1) is 15.5. The van der Waals surface area contributed by atoms with Gasteiger partial charge in [-0.3, -0.25) is 5.43 Å². The van der Waals surface area contributed by atoms with E-state index in [0.29, 0.717) is 17.6 Å². The third-order valence-electron chi connectivity index (χ3n) is 3.37. The van der Waals surface area contributed by atoms with Crippen LogP contribution in [0.5, 0.6) is 5.75 Å². The fourth-order valence-corrected chi connectivity index (χ4v) is 2.24. The molecule has 112 valence electrons. The average Bonchev–Trinajstić information content (AvgIpc) is 2.54. The molecule has 4 nitrogen and oxygen atoms in total. The zero-order chi connectivity index (χ0) is 14.9. The lowest BCUT2D eigenvalue weighted by molar-refractivity contribution is 0.414. The molecule has 0 aliphatic heterocycles. The standard InChI is InChI=1S/C16H21N3OS/c1-20-15-9-7-14(8-10-15)11-17-16(21)19-18-12-13-5-3-2-4-6-13/h2-3,7-10,12-13H,4-6,11H2,1H3,(H2,17,19,21)/b18-12-/t13-/m0/s1. The molecular formula is C16H21N3OS. The predicted molar refractivity (Wildman–Crippen MR) is 90.5 cm³/mol. The SMILES string of the molecule is COc1ccc(CNC(=S)N/N=C\[C@H]2CC=CCC2)cc1. The Morgan fingerprint density at radius 1 is 1.38 bits per heavy atom. The molecule has 0 saturated carbocycles. The number of allylic oxidation sites excluding steroid dienone is 2. The van der Waals surface area contributed by atoms with E-state index in [1.54, 1.807) is 7.11 Å². The quantitative estimate of drug-likeness (QED) is 0.380. The van der Waals surface area contributed by atoms with Crippen molar-refractivity contribution < 1.29 is 4.74 Å².